The van der Waals surface area contributed by atoms with Crippen molar-refractivity contribution >= 4 is 11.9 Å². The molecule has 0 saturated carbocycles. The average Bonchev–Trinajstić information content (AvgIpc) is 2.79. The smallest absolute Gasteiger partial charge is 0.339 e. The molecule has 1 N–H and O–H groups in total. The van der Waals surface area contributed by atoms with Crippen molar-refractivity contribution in [3.63, 3.8) is 0 Å². The van der Waals surface area contributed by atoms with Crippen molar-refractivity contribution in [1.29, 1.82) is 0 Å². The summed E-state index contributed by atoms with van der Waals surface area (Å²) in [4.78, 5) is 25.8. The first-order chi connectivity index (χ1) is 15.6. The SMILES string of the molecule is COc1ccc(OCC(OC(=O)c2cc(OC)c(OC)c(OC)c2)C(=O)NC(C)(C)C)cc1. The standard InChI is InChI=1S/C24H31NO8/c1-24(2,3)25-22(26)20(14-32-17-10-8-16(28-4)9-11-17)33-23(27)15-12-18(29-5)21(31-7)19(13-15)30-6/h8-13,20H,14H2,1-7H3,(H,25,26). The second kappa shape index (κ2) is 11.3. The Hall–Kier alpha value is -3.62. The minimum absolute atomic E-state index is 0.127. The van der Waals surface area contributed by atoms with Gasteiger partial charge in [0.2, 0.25) is 11.9 Å². The summed E-state index contributed by atoms with van der Waals surface area (Å²) in [5, 5.41) is 2.81. The number of methoxy groups -OCH3 is 4. The van der Waals surface area contributed by atoms with E-state index in [-0.39, 0.29) is 23.7 Å². The van der Waals surface area contributed by atoms with Crippen molar-refractivity contribution in [3.8, 4) is 28.7 Å². The molecule has 0 aromatic heterocycles. The van der Waals surface area contributed by atoms with Crippen molar-refractivity contribution < 1.29 is 38.0 Å². The molecule has 9 heteroatoms. The molecule has 0 aliphatic heterocycles. The monoisotopic (exact) mass is 461 g/mol. The Kier molecular flexibility index (Phi) is 8.78. The maximum atomic E-state index is 12.9. The average molecular weight is 462 g/mol. The zero-order valence-corrected chi connectivity index (χ0v) is 20.0. The maximum absolute atomic E-state index is 12.9. The summed E-state index contributed by atoms with van der Waals surface area (Å²) >= 11 is 0. The van der Waals surface area contributed by atoms with E-state index in [0.29, 0.717) is 17.2 Å². The minimum atomic E-state index is -1.21. The number of ether oxygens (including phenoxy) is 6. The van der Waals surface area contributed by atoms with E-state index >= 15 is 0 Å². The minimum Gasteiger partial charge on any atom is -0.497 e. The first-order valence-electron chi connectivity index (χ1n) is 10.2. The van der Waals surface area contributed by atoms with Crippen LogP contribution in [-0.4, -0.2) is 58.6 Å². The van der Waals surface area contributed by atoms with Gasteiger partial charge in [-0.3, -0.25) is 4.79 Å². The highest BCUT2D eigenvalue weighted by molar-refractivity contribution is 5.93. The fourth-order valence-electron chi connectivity index (χ4n) is 2.85. The molecule has 0 bridgehead atoms. The molecule has 180 valence electrons. The van der Waals surface area contributed by atoms with Crippen LogP contribution < -0.4 is 29.0 Å². The number of hydrogen-bond acceptors (Lipinski definition) is 8. The first-order valence-corrected chi connectivity index (χ1v) is 10.2. The van der Waals surface area contributed by atoms with Gasteiger partial charge in [-0.2, -0.15) is 0 Å². The molecule has 1 unspecified atom stereocenters. The normalized spacial score (nSPS) is 11.7. The number of benzene rings is 2. The molecule has 1 atom stereocenters. The topological polar surface area (TPSA) is 102 Å². The molecule has 33 heavy (non-hydrogen) atoms. The van der Waals surface area contributed by atoms with Crippen LogP contribution in [0.3, 0.4) is 0 Å². The van der Waals surface area contributed by atoms with Gasteiger partial charge >= 0.3 is 5.97 Å². The van der Waals surface area contributed by atoms with E-state index in [4.69, 9.17) is 28.4 Å². The van der Waals surface area contributed by atoms with E-state index in [1.807, 2.05) is 20.8 Å². The molecule has 9 nitrogen and oxygen atoms in total. The second-order valence-corrected chi connectivity index (χ2v) is 8.03. The molecule has 0 fully saturated rings. The fourth-order valence-corrected chi connectivity index (χ4v) is 2.85. The van der Waals surface area contributed by atoms with Crippen LogP contribution >= 0.6 is 0 Å². The van der Waals surface area contributed by atoms with Crippen molar-refractivity contribution in [1.82, 2.24) is 5.32 Å². The Morgan fingerprint density at radius 2 is 1.39 bits per heavy atom. The van der Waals surface area contributed by atoms with Gasteiger partial charge in [0.1, 0.15) is 18.1 Å². The lowest BCUT2D eigenvalue weighted by atomic mass is 10.1. The van der Waals surface area contributed by atoms with E-state index in [2.05, 4.69) is 5.32 Å². The molecule has 2 rings (SSSR count). The van der Waals surface area contributed by atoms with Crippen molar-refractivity contribution in [2.75, 3.05) is 35.0 Å². The third kappa shape index (κ3) is 7.20. The second-order valence-electron chi connectivity index (χ2n) is 8.03. The number of esters is 1. The number of carbonyl (C=O) groups excluding carboxylic acids is 2. The molecule has 0 radical (unpaired) electrons. The molecule has 0 aliphatic rings. The zero-order valence-electron chi connectivity index (χ0n) is 20.0. The van der Waals surface area contributed by atoms with Crippen LogP contribution in [0.5, 0.6) is 28.7 Å². The quantitative estimate of drug-likeness (QED) is 0.538. The molecular weight excluding hydrogens is 430 g/mol. The predicted octanol–water partition coefficient (Wildman–Crippen LogP) is 3.24. The van der Waals surface area contributed by atoms with E-state index < -0.39 is 23.5 Å². The Labute approximate surface area is 193 Å². The van der Waals surface area contributed by atoms with Gasteiger partial charge in [-0.15, -0.1) is 0 Å². The predicted molar refractivity (Wildman–Crippen MR) is 122 cm³/mol. The van der Waals surface area contributed by atoms with Crippen LogP contribution in [0, 0.1) is 0 Å². The van der Waals surface area contributed by atoms with Gasteiger partial charge in [-0.1, -0.05) is 0 Å². The summed E-state index contributed by atoms with van der Waals surface area (Å²) in [5.74, 6) is 0.828. The van der Waals surface area contributed by atoms with Crippen LogP contribution in [0.4, 0.5) is 0 Å². The number of nitrogens with one attached hydrogen (secondary N) is 1. The molecule has 0 heterocycles. The van der Waals surface area contributed by atoms with E-state index in [1.54, 1.807) is 31.4 Å². The fraction of sp³-hybridized carbons (Fsp3) is 0.417. The summed E-state index contributed by atoms with van der Waals surface area (Å²) in [6, 6.07) is 9.74. The van der Waals surface area contributed by atoms with Gasteiger partial charge in [0.25, 0.3) is 5.91 Å². The first kappa shape index (κ1) is 25.6. The highest BCUT2D eigenvalue weighted by Gasteiger charge is 2.29. The summed E-state index contributed by atoms with van der Waals surface area (Å²) in [7, 11) is 5.90. The highest BCUT2D eigenvalue weighted by Crippen LogP contribution is 2.38. The van der Waals surface area contributed by atoms with Crippen LogP contribution in [-0.2, 0) is 9.53 Å². The van der Waals surface area contributed by atoms with Gasteiger partial charge in [0.05, 0.1) is 34.0 Å². The summed E-state index contributed by atoms with van der Waals surface area (Å²) < 4.78 is 32.2. The Balaban J connectivity index is 2.25. The van der Waals surface area contributed by atoms with Crippen molar-refractivity contribution in [3.05, 3.63) is 42.0 Å². The van der Waals surface area contributed by atoms with E-state index in [1.165, 1.54) is 33.5 Å². The summed E-state index contributed by atoms with van der Waals surface area (Å²) in [6.07, 6.45) is -1.21. The van der Waals surface area contributed by atoms with Gasteiger partial charge in [0, 0.05) is 5.54 Å². The lowest BCUT2D eigenvalue weighted by Crippen LogP contribution is -2.49. The van der Waals surface area contributed by atoms with E-state index in [0.717, 1.165) is 0 Å². The molecule has 0 saturated heterocycles. The molecule has 2 aromatic carbocycles. The molecule has 2 aromatic rings. The van der Waals surface area contributed by atoms with Crippen LogP contribution in [0.2, 0.25) is 0 Å². The van der Waals surface area contributed by atoms with Crippen LogP contribution in [0.1, 0.15) is 31.1 Å². The highest BCUT2D eigenvalue weighted by atomic mass is 16.6. The third-order valence-corrected chi connectivity index (χ3v) is 4.40. The third-order valence-electron chi connectivity index (χ3n) is 4.40. The van der Waals surface area contributed by atoms with Gasteiger partial charge in [-0.05, 0) is 57.2 Å². The van der Waals surface area contributed by atoms with Crippen LogP contribution in [0.15, 0.2) is 36.4 Å². The Morgan fingerprint density at radius 3 is 1.85 bits per heavy atom. The van der Waals surface area contributed by atoms with E-state index in [9.17, 15) is 9.59 Å². The number of hydrogen-bond donors (Lipinski definition) is 1. The summed E-state index contributed by atoms with van der Waals surface area (Å²) in [5.41, 5.74) is -0.406. The van der Waals surface area contributed by atoms with Crippen molar-refractivity contribution in [2.24, 2.45) is 0 Å². The molecule has 0 spiro atoms. The molecule has 0 aliphatic carbocycles. The van der Waals surface area contributed by atoms with Gasteiger partial charge in [-0.25, -0.2) is 4.79 Å². The molecular formula is C24H31NO8. The van der Waals surface area contributed by atoms with Crippen LogP contribution in [0.25, 0.3) is 0 Å². The lowest BCUT2D eigenvalue weighted by molar-refractivity contribution is -0.133. The number of amides is 1. The number of rotatable bonds is 10. The lowest BCUT2D eigenvalue weighted by Gasteiger charge is -2.25. The molecule has 1 amide bonds. The number of carbonyl (C=O) groups is 2. The largest absolute Gasteiger partial charge is 0.497 e. The Bertz CT molecular complexity index is 925. The Morgan fingerprint density at radius 1 is 0.848 bits per heavy atom. The summed E-state index contributed by atoms with van der Waals surface area (Å²) in [6.45, 7) is 5.29. The zero-order chi connectivity index (χ0) is 24.6. The van der Waals surface area contributed by atoms with Gasteiger partial charge in [0.15, 0.2) is 11.5 Å². The maximum Gasteiger partial charge on any atom is 0.339 e. The van der Waals surface area contributed by atoms with Crippen molar-refractivity contribution in [2.45, 2.75) is 32.4 Å². The van der Waals surface area contributed by atoms with Gasteiger partial charge < -0.3 is 33.7 Å².